The lowest BCUT2D eigenvalue weighted by atomic mass is 10.2. The molecule has 0 spiro atoms. The maximum Gasteiger partial charge on any atom is 0.252 e. The molecule has 1 atom stereocenters. The minimum absolute atomic E-state index is 0.0196. The van der Waals surface area contributed by atoms with E-state index >= 15 is 0 Å². The van der Waals surface area contributed by atoms with E-state index in [9.17, 15) is 4.79 Å². The van der Waals surface area contributed by atoms with Gasteiger partial charge in [0.25, 0.3) is 5.91 Å². The lowest BCUT2D eigenvalue weighted by Crippen LogP contribution is -2.37. The number of carbonyl (C=O) groups is 1. The van der Waals surface area contributed by atoms with E-state index in [1.54, 1.807) is 11.8 Å². The third-order valence-electron chi connectivity index (χ3n) is 3.90. The van der Waals surface area contributed by atoms with Crippen LogP contribution in [-0.4, -0.2) is 34.8 Å². The number of allylic oxidation sites excluding steroid dienone is 2. The fourth-order valence-electron chi connectivity index (χ4n) is 2.57. The Balaban J connectivity index is 1.92. The lowest BCUT2D eigenvalue weighted by molar-refractivity contribution is 0.0950. The molecule has 0 saturated heterocycles. The van der Waals surface area contributed by atoms with Gasteiger partial charge in [0, 0.05) is 28.4 Å². The van der Waals surface area contributed by atoms with Crippen molar-refractivity contribution in [3.8, 4) is 0 Å². The molecule has 0 heterocycles. The maximum absolute atomic E-state index is 12.3. The standard InChI is InChI=1S/C19H26N2OS/c1-14(2)21(15(3)4)13-23-18-12-8-11-17(18)20-19(22)16-9-6-5-7-10-16/h5-12,14-15,17H,13H2,1-4H3,(H,20,22). The molecule has 1 N–H and O–H groups in total. The number of carbonyl (C=O) groups excluding carboxylic acids is 1. The molecule has 0 radical (unpaired) electrons. The van der Waals surface area contributed by atoms with Gasteiger partial charge in [0.05, 0.1) is 6.04 Å². The van der Waals surface area contributed by atoms with Crippen LogP contribution in [0.4, 0.5) is 0 Å². The van der Waals surface area contributed by atoms with Gasteiger partial charge in [-0.15, -0.1) is 11.8 Å². The van der Waals surface area contributed by atoms with Crippen LogP contribution in [-0.2, 0) is 0 Å². The highest BCUT2D eigenvalue weighted by Crippen LogP contribution is 2.27. The molecule has 1 aliphatic rings. The van der Waals surface area contributed by atoms with Gasteiger partial charge in [-0.2, -0.15) is 0 Å². The Morgan fingerprint density at radius 1 is 1.17 bits per heavy atom. The molecule has 2 rings (SSSR count). The van der Waals surface area contributed by atoms with E-state index in [1.807, 2.05) is 42.5 Å². The maximum atomic E-state index is 12.3. The summed E-state index contributed by atoms with van der Waals surface area (Å²) in [7, 11) is 0. The third-order valence-corrected chi connectivity index (χ3v) is 5.05. The molecule has 0 bridgehead atoms. The molecule has 1 aromatic rings. The summed E-state index contributed by atoms with van der Waals surface area (Å²) in [5.74, 6) is 0.902. The third kappa shape index (κ3) is 4.98. The van der Waals surface area contributed by atoms with Crippen LogP contribution >= 0.6 is 11.8 Å². The second-order valence-electron chi connectivity index (χ2n) is 6.25. The summed E-state index contributed by atoms with van der Waals surface area (Å²) in [5, 5.41) is 3.09. The second kappa shape index (κ2) is 8.37. The van der Waals surface area contributed by atoms with Crippen LogP contribution in [0.25, 0.3) is 0 Å². The first-order valence-corrected chi connectivity index (χ1v) is 9.10. The van der Waals surface area contributed by atoms with Gasteiger partial charge in [-0.3, -0.25) is 9.69 Å². The van der Waals surface area contributed by atoms with Crippen molar-refractivity contribution in [2.75, 3.05) is 5.88 Å². The highest BCUT2D eigenvalue weighted by atomic mass is 32.2. The van der Waals surface area contributed by atoms with Gasteiger partial charge in [0.2, 0.25) is 0 Å². The Labute approximate surface area is 143 Å². The zero-order chi connectivity index (χ0) is 16.8. The highest BCUT2D eigenvalue weighted by molar-refractivity contribution is 8.03. The molecule has 23 heavy (non-hydrogen) atoms. The molecule has 0 aromatic heterocycles. The van der Waals surface area contributed by atoms with Crippen LogP contribution in [0.2, 0.25) is 0 Å². The number of thioether (sulfide) groups is 1. The average molecular weight is 330 g/mol. The van der Waals surface area contributed by atoms with Gasteiger partial charge in [0.1, 0.15) is 0 Å². The summed E-state index contributed by atoms with van der Waals surface area (Å²) in [5.41, 5.74) is 0.697. The number of rotatable bonds is 7. The first-order chi connectivity index (χ1) is 11.0. The Kier molecular flexibility index (Phi) is 6.48. The van der Waals surface area contributed by atoms with Gasteiger partial charge >= 0.3 is 0 Å². The summed E-state index contributed by atoms with van der Waals surface area (Å²) < 4.78 is 0. The van der Waals surface area contributed by atoms with Crippen LogP contribution in [0.5, 0.6) is 0 Å². The van der Waals surface area contributed by atoms with Crippen LogP contribution in [0.1, 0.15) is 38.1 Å². The van der Waals surface area contributed by atoms with Gasteiger partial charge < -0.3 is 5.32 Å². The number of amides is 1. The second-order valence-corrected chi connectivity index (χ2v) is 7.26. The largest absolute Gasteiger partial charge is 0.341 e. The molecule has 1 amide bonds. The van der Waals surface area contributed by atoms with E-state index < -0.39 is 0 Å². The summed E-state index contributed by atoms with van der Waals surface area (Å²) >= 11 is 1.80. The van der Waals surface area contributed by atoms with Crippen LogP contribution < -0.4 is 5.32 Å². The summed E-state index contributed by atoms with van der Waals surface area (Å²) in [6.07, 6.45) is 6.16. The number of hydrogen-bond acceptors (Lipinski definition) is 3. The first-order valence-electron chi connectivity index (χ1n) is 8.12. The molecule has 1 aromatic carbocycles. The monoisotopic (exact) mass is 330 g/mol. The zero-order valence-corrected chi connectivity index (χ0v) is 15.1. The van der Waals surface area contributed by atoms with Crippen molar-refractivity contribution >= 4 is 17.7 Å². The van der Waals surface area contributed by atoms with Crippen molar-refractivity contribution in [3.63, 3.8) is 0 Å². The van der Waals surface area contributed by atoms with E-state index in [0.717, 1.165) is 5.88 Å². The molecule has 1 unspecified atom stereocenters. The number of nitrogens with one attached hydrogen (secondary N) is 1. The fourth-order valence-corrected chi connectivity index (χ4v) is 3.96. The quantitative estimate of drug-likeness (QED) is 0.766. The number of hydrogen-bond donors (Lipinski definition) is 1. The first kappa shape index (κ1) is 17.8. The van der Waals surface area contributed by atoms with E-state index in [1.165, 1.54) is 4.91 Å². The Hall–Kier alpha value is -1.52. The van der Waals surface area contributed by atoms with Crippen LogP contribution in [0.15, 0.2) is 53.5 Å². The normalized spacial score (nSPS) is 17.2. The Morgan fingerprint density at radius 2 is 1.83 bits per heavy atom. The average Bonchev–Trinajstić information content (AvgIpc) is 2.95. The van der Waals surface area contributed by atoms with E-state index in [2.05, 4.69) is 44.0 Å². The SMILES string of the molecule is CC(C)N(CSC1=CC=CC1NC(=O)c1ccccc1)C(C)C. The summed E-state index contributed by atoms with van der Waals surface area (Å²) in [6.45, 7) is 8.88. The smallest absolute Gasteiger partial charge is 0.252 e. The van der Waals surface area contributed by atoms with Crippen molar-refractivity contribution < 1.29 is 4.79 Å². The molecule has 0 fully saturated rings. The topological polar surface area (TPSA) is 32.3 Å². The van der Waals surface area contributed by atoms with Crippen LogP contribution in [0, 0.1) is 0 Å². The molecular weight excluding hydrogens is 304 g/mol. The summed E-state index contributed by atoms with van der Waals surface area (Å²) in [4.78, 5) is 15.9. The molecule has 4 heteroatoms. The molecular formula is C19H26N2OS. The zero-order valence-electron chi connectivity index (χ0n) is 14.3. The minimum Gasteiger partial charge on any atom is -0.341 e. The predicted molar refractivity (Wildman–Crippen MR) is 99.5 cm³/mol. The van der Waals surface area contributed by atoms with E-state index in [4.69, 9.17) is 0 Å². The lowest BCUT2D eigenvalue weighted by Gasteiger charge is -2.30. The van der Waals surface area contributed by atoms with Gasteiger partial charge in [-0.1, -0.05) is 36.4 Å². The van der Waals surface area contributed by atoms with E-state index in [0.29, 0.717) is 17.6 Å². The molecule has 124 valence electrons. The van der Waals surface area contributed by atoms with Crippen molar-refractivity contribution in [2.24, 2.45) is 0 Å². The Bertz CT molecular complexity index is 570. The molecule has 0 aliphatic heterocycles. The minimum atomic E-state index is -0.0294. The van der Waals surface area contributed by atoms with E-state index in [-0.39, 0.29) is 11.9 Å². The highest BCUT2D eigenvalue weighted by Gasteiger charge is 2.21. The van der Waals surface area contributed by atoms with Crippen LogP contribution in [0.3, 0.4) is 0 Å². The van der Waals surface area contributed by atoms with Gasteiger partial charge in [0.15, 0.2) is 0 Å². The summed E-state index contributed by atoms with van der Waals surface area (Å²) in [6, 6.07) is 10.4. The van der Waals surface area contributed by atoms with Crippen molar-refractivity contribution in [2.45, 2.75) is 45.8 Å². The Morgan fingerprint density at radius 3 is 2.43 bits per heavy atom. The van der Waals surface area contributed by atoms with Crippen molar-refractivity contribution in [3.05, 3.63) is 59.0 Å². The molecule has 0 saturated carbocycles. The van der Waals surface area contributed by atoms with Crippen molar-refractivity contribution in [1.29, 1.82) is 0 Å². The van der Waals surface area contributed by atoms with Gasteiger partial charge in [-0.05, 0) is 39.8 Å². The van der Waals surface area contributed by atoms with Gasteiger partial charge in [-0.25, -0.2) is 0 Å². The molecule has 3 nitrogen and oxygen atoms in total. The number of benzene rings is 1. The fraction of sp³-hybridized carbons (Fsp3) is 0.421. The molecule has 1 aliphatic carbocycles. The number of nitrogens with zero attached hydrogens (tertiary/aromatic N) is 1. The predicted octanol–water partition coefficient (Wildman–Crippen LogP) is 4.05. The van der Waals surface area contributed by atoms with Crippen molar-refractivity contribution in [1.82, 2.24) is 10.2 Å².